The number of hydrogen-bond acceptors (Lipinski definition) is 8. The molecule has 18 heteroatoms. The maximum absolute atomic E-state index is 11.8. The molecule has 873 valence electrons. The third kappa shape index (κ3) is 51.3. The second-order valence-electron chi connectivity index (χ2n) is 47.4. The van der Waals surface area contributed by atoms with E-state index in [2.05, 4.69) is 201 Å². The minimum atomic E-state index is -3.67. The standard InChI is InChI=1S/2C64H112N4O2.4CH3.BF3.Co.FH/c2*1-13-21-35-63(11,36-22-14-2)57-47-53(9)61(69)55(49-57)51-65-59-33-29-30-34-60(59)66-52-56-50-58(48-54(10)62(56)70)64(12,37-31-45-67(39-23-15-3,40-24-16-4)41-25-17-5)38-32-46-68(42-26-18-6,43-27-19-7)44-28-20-8;;;;;2-1(3)4;;/h2*47-52,59-60H,13-46H2,1-12H3;4*1H3;;;1H/q;;4*-1;;;/p+3/t2*59-,60-;;;;;;;/m00......./s1. The molecule has 4 N–H and O–H groups in total. The van der Waals surface area contributed by atoms with E-state index >= 15 is 0 Å². The van der Waals surface area contributed by atoms with Crippen molar-refractivity contribution in [1.29, 1.82) is 0 Å². The van der Waals surface area contributed by atoms with Crippen LogP contribution in [0.25, 0.3) is 0 Å². The summed E-state index contributed by atoms with van der Waals surface area (Å²) in [6, 6.07) is 18.4. The van der Waals surface area contributed by atoms with Crippen molar-refractivity contribution in [3.05, 3.63) is 145 Å². The van der Waals surface area contributed by atoms with Gasteiger partial charge < -0.3 is 72.8 Å². The number of unbranched alkanes of at least 4 members (excludes halogenated alkanes) is 16. The summed E-state index contributed by atoms with van der Waals surface area (Å²) in [4.78, 5) is 21.2. The molecule has 0 spiro atoms. The van der Waals surface area contributed by atoms with Gasteiger partial charge in [-0.1, -0.05) is 317 Å². The molecule has 0 heterocycles. The average Bonchev–Trinajstić information content (AvgIpc) is 0.791. The van der Waals surface area contributed by atoms with Crippen LogP contribution in [0.2, 0.25) is 0 Å². The molecule has 0 bridgehead atoms. The van der Waals surface area contributed by atoms with E-state index in [0.29, 0.717) is 23.0 Å². The van der Waals surface area contributed by atoms with Crippen molar-refractivity contribution in [2.45, 2.75) is 546 Å². The van der Waals surface area contributed by atoms with Gasteiger partial charge in [-0.2, -0.15) is 0 Å². The second-order valence-corrected chi connectivity index (χ2v) is 47.4. The molecule has 1 radical (unpaired) electrons. The zero-order valence-corrected chi connectivity index (χ0v) is 104. The molecule has 2 fully saturated rings. The monoisotopic (exact) mass is 2150 g/mol. The summed E-state index contributed by atoms with van der Waals surface area (Å²) in [7, 11) is -3.67. The Hall–Kier alpha value is -5.11. The summed E-state index contributed by atoms with van der Waals surface area (Å²) in [5.74, 6) is 1.41. The van der Waals surface area contributed by atoms with Gasteiger partial charge in [0.25, 0.3) is 0 Å². The molecular weight excluding hydrogens is 1910 g/mol. The molecule has 2 saturated carbocycles. The number of aryl methyl sites for hydroxylation is 4. The van der Waals surface area contributed by atoms with Crippen LogP contribution in [0, 0.1) is 57.4 Å². The molecule has 2 aliphatic rings. The maximum atomic E-state index is 11.8. The van der Waals surface area contributed by atoms with Crippen LogP contribution < -0.4 is 4.70 Å². The van der Waals surface area contributed by atoms with Crippen LogP contribution in [-0.4, -0.2) is 200 Å². The average molecular weight is 2150 g/mol. The van der Waals surface area contributed by atoms with Crippen molar-refractivity contribution in [3.8, 4) is 23.0 Å². The first-order valence-corrected chi connectivity index (χ1v) is 60.9. The number of quaternary nitrogens is 4. The SMILES string of the molecule is CCCCC(C)(CCCC)c1cc(C)c(O)c(C=N[C@H]2CCCC[C@@H]2N=Cc2cc(C(C)(CCC[N+](CCCC)(CCCC)CCCC)CCC[N+](CCCC)(CCCC)CCCC)cc(C)c2O)c1.CCCCC(C)(CCCC)c1cc(C)c(O)c(C=N[C@H]2CCCC[C@@H]2N=Cc2cc(C(C)(CCC[N+](CCCC)(CCCC)CCCC)CCC[N+](CCCC)(CCCC)CCCC)cc(C)c2O)c1.FB(F)F.[CH3-].[CH3-].[CH3-].[CH3-].[Co].[F-]. The second kappa shape index (κ2) is 81.5. The third-order valence-corrected chi connectivity index (χ3v) is 34.7. The number of aliphatic imine (C=N–C) groups is 4. The Bertz CT molecular complexity index is 3770. The van der Waals surface area contributed by atoms with Gasteiger partial charge in [0, 0.05) is 63.9 Å². The summed E-state index contributed by atoms with van der Waals surface area (Å²) in [6.07, 6.45) is 71.2. The zero-order valence-electron chi connectivity index (χ0n) is 103. The molecule has 4 atom stereocenters. The van der Waals surface area contributed by atoms with E-state index in [1.54, 1.807) is 0 Å². The van der Waals surface area contributed by atoms with Gasteiger partial charge in [-0.25, -0.2) is 0 Å². The fourth-order valence-electron chi connectivity index (χ4n) is 24.3. The molecule has 12 nitrogen and oxygen atoms in total. The van der Waals surface area contributed by atoms with Crippen molar-refractivity contribution in [3.63, 3.8) is 0 Å². The number of nitrogens with zero attached hydrogens (tertiary/aromatic N) is 8. The molecule has 0 amide bonds. The summed E-state index contributed by atoms with van der Waals surface area (Å²) in [5.41, 5.74) is 12.7. The number of benzene rings is 4. The number of hydrogen-bond donors (Lipinski definition) is 4. The zero-order chi connectivity index (χ0) is 107. The van der Waals surface area contributed by atoms with Gasteiger partial charge in [-0.15, -0.1) is 0 Å². The first-order valence-electron chi connectivity index (χ1n) is 60.9. The van der Waals surface area contributed by atoms with Crippen molar-refractivity contribution in [2.75, 3.05) is 105 Å². The van der Waals surface area contributed by atoms with Crippen molar-refractivity contribution < 1.29 is 72.8 Å². The Morgan fingerprint density at radius 3 is 0.513 bits per heavy atom. The van der Waals surface area contributed by atoms with E-state index in [1.807, 2.05) is 38.7 Å². The van der Waals surface area contributed by atoms with Crippen LogP contribution in [0.3, 0.4) is 0 Å². The van der Waals surface area contributed by atoms with Crippen LogP contribution in [0.1, 0.15) is 539 Å². The molecule has 2 aliphatic carbocycles. The van der Waals surface area contributed by atoms with Crippen LogP contribution in [-0.2, 0) is 38.4 Å². The van der Waals surface area contributed by atoms with Crippen molar-refractivity contribution in [1.82, 2.24) is 0 Å². The van der Waals surface area contributed by atoms with Crippen molar-refractivity contribution in [2.24, 2.45) is 20.0 Å². The first-order chi connectivity index (χ1) is 69.1. The van der Waals surface area contributed by atoms with Crippen LogP contribution in [0.15, 0.2) is 68.5 Å². The Balaban J connectivity index is -0.00000268. The summed E-state index contributed by atoms with van der Waals surface area (Å²) < 4.78 is 34.2. The minimum absolute atomic E-state index is 0. The van der Waals surface area contributed by atoms with Gasteiger partial charge in [0.1, 0.15) is 23.0 Å². The number of phenolic OH excluding ortho intramolecular Hbond substituents is 4. The molecule has 0 unspecified atom stereocenters. The Kier molecular flexibility index (Phi) is 80.9. The molecular formula is C132H240BCoF4N8O4-. The first kappa shape index (κ1) is 149. The predicted octanol–water partition coefficient (Wildman–Crippen LogP) is 34.6. The molecule has 0 saturated heterocycles. The number of phenols is 4. The normalized spacial score (nSPS) is 15.4. The van der Waals surface area contributed by atoms with Gasteiger partial charge in [-0.05, 0) is 298 Å². The fourth-order valence-corrected chi connectivity index (χ4v) is 24.3. The molecule has 6 rings (SSSR count). The molecule has 4 aromatic carbocycles. The van der Waals surface area contributed by atoms with Crippen LogP contribution >= 0.6 is 0 Å². The number of halogens is 4. The van der Waals surface area contributed by atoms with E-state index in [-0.39, 0.29) is 97.0 Å². The summed E-state index contributed by atoms with van der Waals surface area (Å²) >= 11 is 0. The summed E-state index contributed by atoms with van der Waals surface area (Å²) in [6.45, 7) is 76.7. The molecule has 0 aliphatic heterocycles. The Morgan fingerprint density at radius 2 is 0.380 bits per heavy atom. The predicted molar refractivity (Wildman–Crippen MR) is 651 cm³/mol. The Morgan fingerprint density at radius 1 is 0.253 bits per heavy atom. The maximum Gasteiger partial charge on any atom is 0.762 e. The van der Waals surface area contributed by atoms with Gasteiger partial charge in [0.15, 0.2) is 0 Å². The molecule has 4 aromatic rings. The number of aromatic hydroxyl groups is 4. The third-order valence-electron chi connectivity index (χ3n) is 34.7. The number of rotatable bonds is 76. The fraction of sp³-hybridized carbons (Fsp3) is 0.758. The van der Waals surface area contributed by atoms with Gasteiger partial charge in [0.05, 0.1) is 129 Å². The largest absolute Gasteiger partial charge is 1.00 e. The topological polar surface area (TPSA) is 130 Å². The smallest absolute Gasteiger partial charge is 0.762 e. The molecule has 150 heavy (non-hydrogen) atoms. The van der Waals surface area contributed by atoms with Crippen LogP contribution in [0.5, 0.6) is 23.0 Å². The van der Waals surface area contributed by atoms with Crippen LogP contribution in [0.4, 0.5) is 12.9 Å². The minimum Gasteiger partial charge on any atom is -1.00 e. The van der Waals surface area contributed by atoms with E-state index in [1.165, 1.54) is 402 Å². The van der Waals surface area contributed by atoms with E-state index in [4.69, 9.17) is 20.0 Å². The Labute approximate surface area is 937 Å². The summed E-state index contributed by atoms with van der Waals surface area (Å²) in [5, 5.41) is 46.4. The van der Waals surface area contributed by atoms with E-state index in [0.717, 1.165) is 122 Å². The van der Waals surface area contributed by atoms with E-state index < -0.39 is 7.54 Å². The van der Waals surface area contributed by atoms with Gasteiger partial charge in [-0.3, -0.25) is 32.9 Å². The van der Waals surface area contributed by atoms with Gasteiger partial charge in [0.2, 0.25) is 0 Å². The van der Waals surface area contributed by atoms with Gasteiger partial charge >= 0.3 is 7.54 Å². The van der Waals surface area contributed by atoms with E-state index in [9.17, 15) is 33.4 Å². The van der Waals surface area contributed by atoms with Crippen molar-refractivity contribution >= 4 is 32.4 Å². The quantitative estimate of drug-likeness (QED) is 0.0115. The molecule has 0 aromatic heterocycles.